The number of anilines is 1. The first-order valence-corrected chi connectivity index (χ1v) is 10.7. The van der Waals surface area contributed by atoms with Crippen LogP contribution in [0.15, 0.2) is 34.1 Å². The number of carbonyl (C=O) groups excluding carboxylic acids is 1. The maximum absolute atomic E-state index is 11.1. The monoisotopic (exact) mass is 419 g/mol. The van der Waals surface area contributed by atoms with Crippen molar-refractivity contribution < 1.29 is 35.8 Å². The molecule has 0 spiro atoms. The Balaban J connectivity index is 0.000000445. The number of hydrogen-bond donors (Lipinski definition) is 4. The first-order chi connectivity index (χ1) is 12.4. The quantitative estimate of drug-likeness (QED) is 0.237. The van der Waals surface area contributed by atoms with Crippen molar-refractivity contribution in [1.29, 1.82) is 0 Å². The third-order valence-electron chi connectivity index (χ3n) is 3.53. The summed E-state index contributed by atoms with van der Waals surface area (Å²) in [5, 5.41) is 9.66. The number of benzene rings is 2. The molecule has 0 atom stereocenters. The SMILES string of the molecule is CCCCCC=O.Nc1cc(S(=O)(=O)O)cc2cc(S(=O)(=O)O)cc(O)c12. The molecule has 0 aromatic heterocycles. The van der Waals surface area contributed by atoms with Gasteiger partial charge in [-0.3, -0.25) is 9.11 Å². The topological polar surface area (TPSA) is 172 Å². The number of phenolic OH excluding ortho intramolecular Hbond substituents is 1. The number of aromatic hydroxyl groups is 1. The van der Waals surface area contributed by atoms with E-state index in [0.29, 0.717) is 0 Å². The number of carbonyl (C=O) groups is 1. The molecule has 0 aliphatic carbocycles. The maximum Gasteiger partial charge on any atom is 0.294 e. The van der Waals surface area contributed by atoms with Crippen molar-refractivity contribution in [3.8, 4) is 5.75 Å². The molecule has 2 aromatic carbocycles. The predicted octanol–water partition coefficient (Wildman–Crippen LogP) is 2.39. The van der Waals surface area contributed by atoms with Gasteiger partial charge < -0.3 is 15.6 Å². The van der Waals surface area contributed by atoms with Crippen molar-refractivity contribution in [2.75, 3.05) is 5.73 Å². The smallest absolute Gasteiger partial charge is 0.294 e. The van der Waals surface area contributed by atoms with Crippen molar-refractivity contribution in [2.45, 2.75) is 42.4 Å². The summed E-state index contributed by atoms with van der Waals surface area (Å²) in [6, 6.07) is 3.55. The van der Waals surface area contributed by atoms with Gasteiger partial charge in [-0.2, -0.15) is 16.8 Å². The minimum atomic E-state index is -4.59. The minimum Gasteiger partial charge on any atom is -0.507 e. The highest BCUT2D eigenvalue weighted by Crippen LogP contribution is 2.34. The van der Waals surface area contributed by atoms with E-state index in [2.05, 4.69) is 6.92 Å². The Kier molecular flexibility index (Phi) is 7.72. The second-order valence-corrected chi connectivity index (χ2v) is 8.51. The van der Waals surface area contributed by atoms with E-state index in [1.807, 2.05) is 0 Å². The molecule has 0 amide bonds. The summed E-state index contributed by atoms with van der Waals surface area (Å²) in [5.74, 6) is -0.547. The Bertz CT molecular complexity index is 957. The predicted molar refractivity (Wildman–Crippen MR) is 99.9 cm³/mol. The average Bonchev–Trinajstić information content (AvgIpc) is 2.53. The van der Waals surface area contributed by atoms with Gasteiger partial charge in [0.15, 0.2) is 0 Å². The van der Waals surface area contributed by atoms with E-state index in [4.69, 9.17) is 14.8 Å². The minimum absolute atomic E-state index is 0.00444. The maximum atomic E-state index is 11.1. The summed E-state index contributed by atoms with van der Waals surface area (Å²) in [6.45, 7) is 2.13. The highest BCUT2D eigenvalue weighted by Gasteiger charge is 2.18. The molecule has 0 aliphatic heterocycles. The molecule has 150 valence electrons. The number of rotatable bonds is 6. The van der Waals surface area contributed by atoms with Gasteiger partial charge in [-0.05, 0) is 30.0 Å². The van der Waals surface area contributed by atoms with Crippen LogP contribution >= 0.6 is 0 Å². The van der Waals surface area contributed by atoms with Crippen LogP contribution in [0.5, 0.6) is 5.75 Å². The molecule has 27 heavy (non-hydrogen) atoms. The fourth-order valence-electron chi connectivity index (χ4n) is 2.25. The van der Waals surface area contributed by atoms with Gasteiger partial charge in [0, 0.05) is 23.6 Å². The van der Waals surface area contributed by atoms with E-state index >= 15 is 0 Å². The molecule has 0 saturated heterocycles. The summed E-state index contributed by atoms with van der Waals surface area (Å²) >= 11 is 0. The van der Waals surface area contributed by atoms with Gasteiger partial charge in [-0.25, -0.2) is 0 Å². The Labute approximate surface area is 157 Å². The second kappa shape index (κ2) is 9.13. The number of nitrogen functional groups attached to an aromatic ring is 1. The zero-order chi connectivity index (χ0) is 20.8. The molecular weight excluding hydrogens is 398 g/mol. The fraction of sp³-hybridized carbons (Fsp3) is 0.312. The Hall–Kier alpha value is -2.21. The molecule has 0 bridgehead atoms. The van der Waals surface area contributed by atoms with E-state index < -0.39 is 35.8 Å². The van der Waals surface area contributed by atoms with Crippen molar-refractivity contribution in [3.63, 3.8) is 0 Å². The highest BCUT2D eigenvalue weighted by atomic mass is 32.2. The van der Waals surface area contributed by atoms with Crippen molar-refractivity contribution in [2.24, 2.45) is 0 Å². The molecule has 0 saturated carbocycles. The molecule has 0 aliphatic rings. The summed E-state index contributed by atoms with van der Waals surface area (Å²) in [6.07, 6.45) is 5.19. The van der Waals surface area contributed by atoms with Gasteiger partial charge in [0.05, 0.1) is 9.79 Å². The van der Waals surface area contributed by atoms with Crippen LogP contribution in [0.3, 0.4) is 0 Å². The number of hydrogen-bond acceptors (Lipinski definition) is 7. The lowest BCUT2D eigenvalue weighted by atomic mass is 10.1. The molecular formula is C16H21NO8S2. The van der Waals surface area contributed by atoms with Crippen LogP contribution in [0.4, 0.5) is 5.69 Å². The van der Waals surface area contributed by atoms with Gasteiger partial charge >= 0.3 is 0 Å². The molecule has 0 unspecified atom stereocenters. The van der Waals surface area contributed by atoms with Crippen LogP contribution < -0.4 is 5.73 Å². The zero-order valence-electron chi connectivity index (χ0n) is 14.5. The van der Waals surface area contributed by atoms with Crippen molar-refractivity contribution in [3.05, 3.63) is 24.3 Å². The molecule has 9 nitrogen and oxygen atoms in total. The fourth-order valence-corrected chi connectivity index (χ4v) is 3.33. The number of phenols is 1. The van der Waals surface area contributed by atoms with Crippen LogP contribution in [0.2, 0.25) is 0 Å². The van der Waals surface area contributed by atoms with Gasteiger partial charge in [0.1, 0.15) is 12.0 Å². The normalized spacial score (nSPS) is 11.7. The largest absolute Gasteiger partial charge is 0.507 e. The number of unbranched alkanes of at least 4 members (excludes halogenated alkanes) is 3. The summed E-state index contributed by atoms with van der Waals surface area (Å²) < 4.78 is 62.1. The van der Waals surface area contributed by atoms with E-state index in [0.717, 1.165) is 43.4 Å². The van der Waals surface area contributed by atoms with E-state index in [1.54, 1.807) is 0 Å². The van der Waals surface area contributed by atoms with Gasteiger partial charge in [0.25, 0.3) is 20.2 Å². The highest BCUT2D eigenvalue weighted by molar-refractivity contribution is 7.86. The van der Waals surface area contributed by atoms with Gasteiger partial charge in [-0.1, -0.05) is 19.8 Å². The Morgan fingerprint density at radius 2 is 1.48 bits per heavy atom. The van der Waals surface area contributed by atoms with Crippen LogP contribution in [0, 0.1) is 0 Å². The summed E-state index contributed by atoms with van der Waals surface area (Å²) in [7, 11) is -9.14. The standard InChI is InChI=1S/C10H9NO7S2.C6H12O/c11-8-3-6(19(13,14)15)1-5-2-7(20(16,17)18)4-9(12)10(5)8;1-2-3-4-5-6-7/h1-4,12H,11H2,(H,13,14,15)(H,16,17,18);6H,2-5H2,1H3. The van der Waals surface area contributed by atoms with Crippen LogP contribution in [-0.4, -0.2) is 37.3 Å². The molecule has 0 fully saturated rings. The molecule has 0 heterocycles. The third-order valence-corrected chi connectivity index (χ3v) is 5.19. The summed E-state index contributed by atoms with van der Waals surface area (Å²) in [5.41, 5.74) is 5.39. The van der Waals surface area contributed by atoms with Crippen LogP contribution in [0.1, 0.15) is 32.6 Å². The zero-order valence-corrected chi connectivity index (χ0v) is 16.1. The molecule has 5 N–H and O–H groups in total. The summed E-state index contributed by atoms with van der Waals surface area (Å²) in [4.78, 5) is 8.49. The van der Waals surface area contributed by atoms with Gasteiger partial charge in [-0.15, -0.1) is 0 Å². The molecule has 0 radical (unpaired) electrons. The van der Waals surface area contributed by atoms with E-state index in [-0.39, 0.29) is 16.5 Å². The average molecular weight is 419 g/mol. The molecule has 11 heteroatoms. The third kappa shape index (κ3) is 6.47. The first-order valence-electron chi connectivity index (χ1n) is 7.86. The molecule has 2 rings (SSSR count). The van der Waals surface area contributed by atoms with E-state index in [9.17, 15) is 26.7 Å². The number of nitrogens with two attached hydrogens (primary N) is 1. The Morgan fingerprint density at radius 3 is 1.93 bits per heavy atom. The van der Waals surface area contributed by atoms with Crippen LogP contribution in [-0.2, 0) is 25.0 Å². The lowest BCUT2D eigenvalue weighted by Crippen LogP contribution is -2.02. The first kappa shape index (κ1) is 22.8. The lowest BCUT2D eigenvalue weighted by Gasteiger charge is -2.08. The van der Waals surface area contributed by atoms with Gasteiger partial charge in [0.2, 0.25) is 0 Å². The lowest BCUT2D eigenvalue weighted by molar-refractivity contribution is -0.107. The van der Waals surface area contributed by atoms with Crippen molar-refractivity contribution >= 4 is 43.0 Å². The number of aldehydes is 1. The second-order valence-electron chi connectivity index (χ2n) is 5.67. The molecule has 2 aromatic rings. The van der Waals surface area contributed by atoms with Crippen LogP contribution in [0.25, 0.3) is 10.8 Å². The van der Waals surface area contributed by atoms with Crippen molar-refractivity contribution in [1.82, 2.24) is 0 Å². The Morgan fingerprint density at radius 1 is 0.963 bits per heavy atom. The van der Waals surface area contributed by atoms with E-state index in [1.165, 1.54) is 12.8 Å². The number of fused-ring (bicyclic) bond motifs is 1.